The molecule has 4 rings (SSSR count). The molecular formula is C20H20FN3O4S. The molecule has 0 atom stereocenters. The van der Waals surface area contributed by atoms with E-state index in [9.17, 15) is 17.6 Å². The maximum atomic E-state index is 12.9. The van der Waals surface area contributed by atoms with Crippen LogP contribution in [0.15, 0.2) is 57.8 Å². The summed E-state index contributed by atoms with van der Waals surface area (Å²) in [5.74, 6) is -0.379. The molecule has 29 heavy (non-hydrogen) atoms. The summed E-state index contributed by atoms with van der Waals surface area (Å²) in [6, 6.07) is 12.1. The monoisotopic (exact) mass is 417 g/mol. The van der Waals surface area contributed by atoms with Gasteiger partial charge in [-0.25, -0.2) is 9.18 Å². The van der Waals surface area contributed by atoms with Crippen LogP contribution in [0.2, 0.25) is 0 Å². The second kappa shape index (κ2) is 7.92. The Balaban J connectivity index is 1.28. The molecule has 2 heterocycles. The molecular weight excluding hydrogens is 397 g/mol. The van der Waals surface area contributed by atoms with Crippen LogP contribution in [0.4, 0.5) is 4.39 Å². The van der Waals surface area contributed by atoms with Gasteiger partial charge in [0.15, 0.2) is 5.84 Å². The minimum absolute atomic E-state index is 0.231. The van der Waals surface area contributed by atoms with Crippen molar-refractivity contribution in [1.82, 2.24) is 9.80 Å². The third-order valence-corrected chi connectivity index (χ3v) is 6.33. The van der Waals surface area contributed by atoms with Crippen LogP contribution in [-0.2, 0) is 14.8 Å². The third-order valence-electron chi connectivity index (χ3n) is 5.00. The Bertz CT molecular complexity index is 1050. The lowest BCUT2D eigenvalue weighted by Crippen LogP contribution is -2.49. The van der Waals surface area contributed by atoms with Crippen molar-refractivity contribution >= 4 is 21.8 Å². The number of rotatable bonds is 4. The first-order chi connectivity index (χ1) is 13.9. The summed E-state index contributed by atoms with van der Waals surface area (Å²) >= 11 is 0. The second-order valence-corrected chi connectivity index (χ2v) is 8.43. The summed E-state index contributed by atoms with van der Waals surface area (Å²) in [4.78, 5) is 16.3. The first kappa shape index (κ1) is 19.5. The van der Waals surface area contributed by atoms with Gasteiger partial charge in [-0.15, -0.1) is 4.40 Å². The molecule has 0 spiro atoms. The largest absolute Gasteiger partial charge is 0.461 e. The highest BCUT2D eigenvalue weighted by Crippen LogP contribution is 2.27. The predicted octanol–water partition coefficient (Wildman–Crippen LogP) is 1.75. The highest BCUT2D eigenvalue weighted by Gasteiger charge is 2.32. The van der Waals surface area contributed by atoms with Crippen molar-refractivity contribution in [3.63, 3.8) is 0 Å². The van der Waals surface area contributed by atoms with Crippen molar-refractivity contribution in [2.75, 3.05) is 39.3 Å². The van der Waals surface area contributed by atoms with Crippen LogP contribution in [0.1, 0.15) is 15.9 Å². The van der Waals surface area contributed by atoms with Gasteiger partial charge in [0.1, 0.15) is 17.3 Å². The molecule has 0 amide bonds. The third kappa shape index (κ3) is 4.15. The first-order valence-electron chi connectivity index (χ1n) is 9.28. The van der Waals surface area contributed by atoms with Crippen LogP contribution in [0.25, 0.3) is 0 Å². The number of benzene rings is 2. The quantitative estimate of drug-likeness (QED) is 0.706. The molecule has 0 N–H and O–H groups in total. The molecule has 2 aliphatic rings. The number of esters is 1. The molecule has 2 aromatic rings. The van der Waals surface area contributed by atoms with Crippen LogP contribution >= 0.6 is 0 Å². The summed E-state index contributed by atoms with van der Waals surface area (Å²) in [5, 5.41) is 0. The SMILES string of the molecule is O=C(OCCN1CCN(C2=NS(=O)(=O)c3ccccc32)CC1)c1ccc(F)cc1. The summed E-state index contributed by atoms with van der Waals surface area (Å²) in [6.07, 6.45) is 0. The van der Waals surface area contributed by atoms with Gasteiger partial charge in [0.25, 0.3) is 10.0 Å². The van der Waals surface area contributed by atoms with Gasteiger partial charge in [-0.1, -0.05) is 12.1 Å². The average Bonchev–Trinajstić information content (AvgIpc) is 3.00. The fourth-order valence-corrected chi connectivity index (χ4v) is 4.66. The molecule has 0 radical (unpaired) electrons. The number of amidine groups is 1. The van der Waals surface area contributed by atoms with Gasteiger partial charge in [-0.3, -0.25) is 4.90 Å². The van der Waals surface area contributed by atoms with Crippen LogP contribution in [0.3, 0.4) is 0 Å². The number of hydrogen-bond acceptors (Lipinski definition) is 6. The Morgan fingerprint density at radius 1 is 1.03 bits per heavy atom. The number of hydrogen-bond donors (Lipinski definition) is 0. The number of carbonyl (C=O) groups excluding carboxylic acids is 1. The molecule has 7 nitrogen and oxygen atoms in total. The van der Waals surface area contributed by atoms with Crippen molar-refractivity contribution in [3.8, 4) is 0 Å². The number of nitrogens with zero attached hydrogens (tertiary/aromatic N) is 3. The molecule has 0 aliphatic carbocycles. The van der Waals surface area contributed by atoms with Gasteiger partial charge in [-0.2, -0.15) is 8.42 Å². The van der Waals surface area contributed by atoms with E-state index in [4.69, 9.17) is 4.74 Å². The van der Waals surface area contributed by atoms with Crippen LogP contribution in [-0.4, -0.2) is 69.4 Å². The number of halogens is 1. The Morgan fingerprint density at radius 3 is 2.45 bits per heavy atom. The van der Waals surface area contributed by atoms with E-state index in [1.54, 1.807) is 24.3 Å². The van der Waals surface area contributed by atoms with Crippen LogP contribution in [0, 0.1) is 5.82 Å². The fourth-order valence-electron chi connectivity index (χ4n) is 3.44. The summed E-state index contributed by atoms with van der Waals surface area (Å²) < 4.78 is 46.6. The zero-order valence-corrected chi connectivity index (χ0v) is 16.4. The van der Waals surface area contributed by atoms with E-state index in [2.05, 4.69) is 9.30 Å². The summed E-state index contributed by atoms with van der Waals surface area (Å²) in [5.41, 5.74) is 0.963. The molecule has 0 aromatic heterocycles. The lowest BCUT2D eigenvalue weighted by atomic mass is 10.1. The Kier molecular flexibility index (Phi) is 5.33. The normalized spacial score (nSPS) is 18.2. The number of sulfonamides is 1. The first-order valence-corrected chi connectivity index (χ1v) is 10.7. The molecule has 2 aromatic carbocycles. The maximum Gasteiger partial charge on any atom is 0.338 e. The Morgan fingerprint density at radius 2 is 1.72 bits per heavy atom. The van der Waals surface area contributed by atoms with Crippen LogP contribution < -0.4 is 0 Å². The number of piperazine rings is 1. The van der Waals surface area contributed by atoms with Crippen molar-refractivity contribution in [1.29, 1.82) is 0 Å². The zero-order valence-electron chi connectivity index (χ0n) is 15.6. The zero-order chi connectivity index (χ0) is 20.4. The van der Waals surface area contributed by atoms with Crippen molar-refractivity contribution in [2.24, 2.45) is 4.40 Å². The van der Waals surface area contributed by atoms with Gasteiger partial charge >= 0.3 is 5.97 Å². The average molecular weight is 417 g/mol. The number of fused-ring (bicyclic) bond motifs is 1. The Hall–Kier alpha value is -2.78. The molecule has 1 saturated heterocycles. The summed E-state index contributed by atoms with van der Waals surface area (Å²) in [6.45, 7) is 3.48. The van der Waals surface area contributed by atoms with Gasteiger partial charge in [0.2, 0.25) is 0 Å². The van der Waals surface area contributed by atoms with E-state index in [0.29, 0.717) is 49.7 Å². The number of carbonyl (C=O) groups is 1. The van der Waals surface area contributed by atoms with E-state index in [-0.39, 0.29) is 11.5 Å². The molecule has 0 unspecified atom stereocenters. The van der Waals surface area contributed by atoms with Gasteiger partial charge in [-0.05, 0) is 36.4 Å². The summed E-state index contributed by atoms with van der Waals surface area (Å²) in [7, 11) is -3.62. The topological polar surface area (TPSA) is 79.3 Å². The van der Waals surface area contributed by atoms with E-state index >= 15 is 0 Å². The molecule has 152 valence electrons. The van der Waals surface area contributed by atoms with Crippen molar-refractivity contribution < 1.29 is 22.3 Å². The molecule has 1 fully saturated rings. The van der Waals surface area contributed by atoms with Gasteiger partial charge in [0, 0.05) is 38.3 Å². The highest BCUT2D eigenvalue weighted by molar-refractivity contribution is 7.90. The number of ether oxygens (including phenoxy) is 1. The van der Waals surface area contributed by atoms with Crippen LogP contribution in [0.5, 0.6) is 0 Å². The highest BCUT2D eigenvalue weighted by atomic mass is 32.2. The van der Waals surface area contributed by atoms with E-state index in [1.165, 1.54) is 24.3 Å². The predicted molar refractivity (Wildman–Crippen MR) is 105 cm³/mol. The van der Waals surface area contributed by atoms with E-state index in [1.807, 2.05) is 4.90 Å². The molecule has 9 heteroatoms. The van der Waals surface area contributed by atoms with E-state index < -0.39 is 21.8 Å². The van der Waals surface area contributed by atoms with Gasteiger partial charge < -0.3 is 9.64 Å². The Labute approximate surface area is 168 Å². The lowest BCUT2D eigenvalue weighted by Gasteiger charge is -2.35. The standard InChI is InChI=1S/C20H20FN3O4S/c21-16-7-5-15(6-8-16)20(25)28-14-13-23-9-11-24(12-10-23)19-17-3-1-2-4-18(17)29(26,27)22-19/h1-8H,9-14H2. The second-order valence-electron chi connectivity index (χ2n) is 6.86. The van der Waals surface area contributed by atoms with Crippen molar-refractivity contribution in [3.05, 3.63) is 65.5 Å². The molecule has 0 bridgehead atoms. The minimum atomic E-state index is -3.62. The smallest absolute Gasteiger partial charge is 0.338 e. The van der Waals surface area contributed by atoms with E-state index in [0.717, 1.165) is 0 Å². The minimum Gasteiger partial charge on any atom is -0.461 e. The maximum absolute atomic E-state index is 12.9. The molecule has 2 aliphatic heterocycles. The fraction of sp³-hybridized carbons (Fsp3) is 0.300. The van der Waals surface area contributed by atoms with Gasteiger partial charge in [0.05, 0.1) is 5.56 Å². The molecule has 0 saturated carbocycles. The van der Waals surface area contributed by atoms with Crippen molar-refractivity contribution in [2.45, 2.75) is 4.90 Å². The lowest BCUT2D eigenvalue weighted by molar-refractivity contribution is 0.0442.